The first-order chi connectivity index (χ1) is 9.69. The lowest BCUT2D eigenvalue weighted by Gasteiger charge is -2.07. The van der Waals surface area contributed by atoms with E-state index in [-0.39, 0.29) is 18.3 Å². The molecule has 4 nitrogen and oxygen atoms in total. The molecule has 0 aliphatic heterocycles. The van der Waals surface area contributed by atoms with Crippen molar-refractivity contribution >= 4 is 11.6 Å². The number of anilines is 1. The van der Waals surface area contributed by atoms with Crippen LogP contribution in [-0.4, -0.2) is 22.7 Å². The number of rotatable bonds is 5. The number of amides is 1. The average molecular weight is 271 g/mol. The molecule has 2 aromatic rings. The van der Waals surface area contributed by atoms with E-state index >= 15 is 0 Å². The highest BCUT2D eigenvalue weighted by Crippen LogP contribution is 2.15. The minimum atomic E-state index is -0.264. The van der Waals surface area contributed by atoms with Gasteiger partial charge in [-0.05, 0) is 48.7 Å². The molecule has 1 amide bonds. The van der Waals surface area contributed by atoms with E-state index in [2.05, 4.69) is 5.32 Å². The van der Waals surface area contributed by atoms with Crippen molar-refractivity contribution in [3.63, 3.8) is 0 Å². The number of phenols is 1. The fourth-order valence-corrected chi connectivity index (χ4v) is 1.94. The number of carbonyl (C=O) groups excluding carboxylic acids is 1. The summed E-state index contributed by atoms with van der Waals surface area (Å²) in [5, 5.41) is 21.0. The topological polar surface area (TPSA) is 69.6 Å². The van der Waals surface area contributed by atoms with Crippen molar-refractivity contribution in [3.05, 3.63) is 59.7 Å². The largest absolute Gasteiger partial charge is 0.508 e. The molecule has 3 N–H and O–H groups in total. The summed E-state index contributed by atoms with van der Waals surface area (Å²) in [6, 6.07) is 13.7. The summed E-state index contributed by atoms with van der Waals surface area (Å²) in [6.45, 7) is 0.153. The van der Waals surface area contributed by atoms with Crippen molar-refractivity contribution in [2.24, 2.45) is 0 Å². The molecule has 0 spiro atoms. The molecular formula is C16H17NO3. The molecule has 2 rings (SSSR count). The predicted octanol–water partition coefficient (Wildman–Crippen LogP) is 2.57. The third kappa shape index (κ3) is 3.83. The van der Waals surface area contributed by atoms with Crippen molar-refractivity contribution in [3.8, 4) is 5.75 Å². The molecule has 0 saturated carbocycles. The number of nitrogens with one attached hydrogen (secondary N) is 1. The van der Waals surface area contributed by atoms with Crippen LogP contribution >= 0.6 is 0 Å². The number of aromatic hydroxyl groups is 1. The Labute approximate surface area is 117 Å². The SMILES string of the molecule is O=C(Nc1cccc(CCCO)c1)c1cccc(O)c1. The maximum absolute atomic E-state index is 12.0. The summed E-state index contributed by atoms with van der Waals surface area (Å²) < 4.78 is 0. The number of aliphatic hydroxyl groups is 1. The van der Waals surface area contributed by atoms with Crippen molar-refractivity contribution < 1.29 is 15.0 Å². The van der Waals surface area contributed by atoms with Gasteiger partial charge in [0, 0.05) is 17.9 Å². The zero-order valence-corrected chi connectivity index (χ0v) is 11.0. The zero-order valence-electron chi connectivity index (χ0n) is 11.0. The van der Waals surface area contributed by atoms with Gasteiger partial charge in [-0.1, -0.05) is 18.2 Å². The first kappa shape index (κ1) is 14.1. The highest BCUT2D eigenvalue weighted by molar-refractivity contribution is 6.04. The number of hydrogen-bond donors (Lipinski definition) is 3. The minimum absolute atomic E-state index is 0.0642. The first-order valence-electron chi connectivity index (χ1n) is 6.49. The second-order valence-corrected chi connectivity index (χ2v) is 4.53. The molecule has 0 aromatic heterocycles. The number of aryl methyl sites for hydroxylation is 1. The molecule has 0 radical (unpaired) electrons. The van der Waals surface area contributed by atoms with Gasteiger partial charge in [-0.25, -0.2) is 0 Å². The monoisotopic (exact) mass is 271 g/mol. The molecule has 0 bridgehead atoms. The zero-order chi connectivity index (χ0) is 14.4. The number of benzene rings is 2. The summed E-state index contributed by atoms with van der Waals surface area (Å²) >= 11 is 0. The average Bonchev–Trinajstić information content (AvgIpc) is 2.45. The summed E-state index contributed by atoms with van der Waals surface area (Å²) in [5.74, 6) is -0.199. The maximum Gasteiger partial charge on any atom is 0.255 e. The van der Waals surface area contributed by atoms with Crippen molar-refractivity contribution in [2.45, 2.75) is 12.8 Å². The standard InChI is InChI=1S/C16H17NO3/c18-9-3-5-12-4-1-7-14(10-12)17-16(20)13-6-2-8-15(19)11-13/h1-2,4,6-8,10-11,18-19H,3,5,9H2,(H,17,20). The lowest BCUT2D eigenvalue weighted by molar-refractivity contribution is 0.102. The third-order valence-electron chi connectivity index (χ3n) is 2.92. The molecule has 0 saturated heterocycles. The molecule has 0 atom stereocenters. The second-order valence-electron chi connectivity index (χ2n) is 4.53. The highest BCUT2D eigenvalue weighted by Gasteiger charge is 2.06. The Morgan fingerprint density at radius 3 is 2.65 bits per heavy atom. The van der Waals surface area contributed by atoms with Gasteiger partial charge in [0.25, 0.3) is 5.91 Å². The smallest absolute Gasteiger partial charge is 0.255 e. The van der Waals surface area contributed by atoms with Gasteiger partial charge in [0.1, 0.15) is 5.75 Å². The van der Waals surface area contributed by atoms with Crippen molar-refractivity contribution in [2.75, 3.05) is 11.9 Å². The lowest BCUT2D eigenvalue weighted by Crippen LogP contribution is -2.11. The Hall–Kier alpha value is -2.33. The van der Waals surface area contributed by atoms with Crippen LogP contribution in [0.2, 0.25) is 0 Å². The Kier molecular flexibility index (Phi) is 4.74. The number of hydrogen-bond acceptors (Lipinski definition) is 3. The fraction of sp³-hybridized carbons (Fsp3) is 0.188. The molecule has 0 heterocycles. The van der Waals surface area contributed by atoms with Crippen LogP contribution in [0, 0.1) is 0 Å². The van der Waals surface area contributed by atoms with Crippen LogP contribution in [-0.2, 0) is 6.42 Å². The van der Waals surface area contributed by atoms with Gasteiger partial charge >= 0.3 is 0 Å². The van der Waals surface area contributed by atoms with Crippen LogP contribution in [0.4, 0.5) is 5.69 Å². The van der Waals surface area contributed by atoms with Crippen LogP contribution in [0.25, 0.3) is 0 Å². The molecule has 0 aliphatic carbocycles. The lowest BCUT2D eigenvalue weighted by atomic mass is 10.1. The summed E-state index contributed by atoms with van der Waals surface area (Å²) in [6.07, 6.45) is 1.47. The number of carbonyl (C=O) groups is 1. The Bertz CT molecular complexity index is 596. The van der Waals surface area contributed by atoms with Gasteiger partial charge in [-0.2, -0.15) is 0 Å². The molecule has 20 heavy (non-hydrogen) atoms. The van der Waals surface area contributed by atoms with Crippen LogP contribution in [0.3, 0.4) is 0 Å². The highest BCUT2D eigenvalue weighted by atomic mass is 16.3. The van der Waals surface area contributed by atoms with Gasteiger partial charge in [0.05, 0.1) is 0 Å². The predicted molar refractivity (Wildman–Crippen MR) is 77.9 cm³/mol. The Morgan fingerprint density at radius 2 is 1.90 bits per heavy atom. The van der Waals surface area contributed by atoms with Crippen LogP contribution in [0.1, 0.15) is 22.3 Å². The van der Waals surface area contributed by atoms with E-state index in [9.17, 15) is 9.90 Å². The molecule has 0 unspecified atom stereocenters. The fourth-order valence-electron chi connectivity index (χ4n) is 1.94. The van der Waals surface area contributed by atoms with Crippen LogP contribution < -0.4 is 5.32 Å². The number of phenolic OH excluding ortho intramolecular Hbond substituents is 1. The molecule has 0 fully saturated rings. The maximum atomic E-state index is 12.0. The van der Waals surface area contributed by atoms with E-state index in [1.54, 1.807) is 12.1 Å². The summed E-state index contributed by atoms with van der Waals surface area (Å²) in [7, 11) is 0. The van der Waals surface area contributed by atoms with Crippen molar-refractivity contribution in [1.82, 2.24) is 0 Å². The van der Waals surface area contributed by atoms with E-state index in [1.807, 2.05) is 24.3 Å². The quantitative estimate of drug-likeness (QED) is 0.782. The number of aliphatic hydroxyl groups excluding tert-OH is 1. The van der Waals surface area contributed by atoms with E-state index in [0.29, 0.717) is 17.7 Å². The molecule has 2 aromatic carbocycles. The minimum Gasteiger partial charge on any atom is -0.508 e. The molecule has 0 aliphatic rings. The molecule has 104 valence electrons. The summed E-state index contributed by atoms with van der Waals surface area (Å²) in [4.78, 5) is 12.0. The van der Waals surface area contributed by atoms with E-state index < -0.39 is 0 Å². The van der Waals surface area contributed by atoms with Gasteiger partial charge in [-0.15, -0.1) is 0 Å². The van der Waals surface area contributed by atoms with E-state index in [1.165, 1.54) is 12.1 Å². The van der Waals surface area contributed by atoms with Crippen molar-refractivity contribution in [1.29, 1.82) is 0 Å². The molecular weight excluding hydrogens is 254 g/mol. The molecule has 4 heteroatoms. The van der Waals surface area contributed by atoms with Gasteiger partial charge < -0.3 is 15.5 Å². The Morgan fingerprint density at radius 1 is 1.10 bits per heavy atom. The summed E-state index contributed by atoms with van der Waals surface area (Å²) in [5.41, 5.74) is 2.17. The van der Waals surface area contributed by atoms with Crippen LogP contribution in [0.5, 0.6) is 5.75 Å². The second kappa shape index (κ2) is 6.73. The van der Waals surface area contributed by atoms with E-state index in [4.69, 9.17) is 5.11 Å². The first-order valence-corrected chi connectivity index (χ1v) is 6.49. The van der Waals surface area contributed by atoms with Gasteiger partial charge in [0.15, 0.2) is 0 Å². The Balaban J connectivity index is 2.07. The third-order valence-corrected chi connectivity index (χ3v) is 2.92. The van der Waals surface area contributed by atoms with E-state index in [0.717, 1.165) is 12.0 Å². The van der Waals surface area contributed by atoms with Gasteiger partial charge in [0.2, 0.25) is 0 Å². The normalized spacial score (nSPS) is 10.2. The van der Waals surface area contributed by atoms with Crippen LogP contribution in [0.15, 0.2) is 48.5 Å². The van der Waals surface area contributed by atoms with Gasteiger partial charge in [-0.3, -0.25) is 4.79 Å².